The SMILES string of the molecule is C=CC[Si](C)(C)C1=[C-]CC(C(C)[Si](OC)(OC)OC)=C1[Si](C)(C)CC=C.[CH3-].[CH3-].[CH3-].[Pt+4]. The van der Waals surface area contributed by atoms with Gasteiger partial charge < -0.3 is 35.6 Å². The third kappa shape index (κ3) is 7.65. The van der Waals surface area contributed by atoms with Crippen molar-refractivity contribution in [1.29, 1.82) is 0 Å². The summed E-state index contributed by atoms with van der Waals surface area (Å²) in [5.41, 5.74) is 1.54. The fraction of sp³-hybridized carbons (Fsp3) is 0.522. The van der Waals surface area contributed by atoms with E-state index in [2.05, 4.69) is 64.5 Å². The summed E-state index contributed by atoms with van der Waals surface area (Å²) in [5, 5.41) is 3.05. The average Bonchev–Trinajstić information content (AvgIpc) is 3.03. The summed E-state index contributed by atoms with van der Waals surface area (Å²) in [4.78, 5) is 0. The maximum absolute atomic E-state index is 5.81. The van der Waals surface area contributed by atoms with Gasteiger partial charge in [-0.05, 0) is 14.1 Å². The monoisotopic (exact) mass is 649 g/mol. The van der Waals surface area contributed by atoms with Crippen LogP contribution in [-0.2, 0) is 34.3 Å². The van der Waals surface area contributed by atoms with Crippen molar-refractivity contribution in [3.05, 3.63) is 69.6 Å². The van der Waals surface area contributed by atoms with Gasteiger partial charge in [0.2, 0.25) is 0 Å². The minimum Gasteiger partial charge on any atom is -0.377 e. The van der Waals surface area contributed by atoms with E-state index in [4.69, 9.17) is 13.3 Å². The van der Waals surface area contributed by atoms with Crippen molar-refractivity contribution in [2.24, 2.45) is 0 Å². The van der Waals surface area contributed by atoms with Gasteiger partial charge >= 0.3 is 29.9 Å². The van der Waals surface area contributed by atoms with Crippen molar-refractivity contribution in [2.75, 3.05) is 21.3 Å². The Labute approximate surface area is 206 Å². The van der Waals surface area contributed by atoms with E-state index in [0.717, 1.165) is 18.5 Å². The molecule has 1 atom stereocenters. The molecule has 0 spiro atoms. The molecule has 0 saturated carbocycles. The fourth-order valence-corrected chi connectivity index (χ4v) is 13.8. The molecular weight excluding hydrogens is 604 g/mol. The topological polar surface area (TPSA) is 27.7 Å². The largest absolute Gasteiger partial charge is 4.00 e. The van der Waals surface area contributed by atoms with Crippen molar-refractivity contribution in [3.63, 3.8) is 0 Å². The molecule has 30 heavy (non-hydrogen) atoms. The second-order valence-corrected chi connectivity index (χ2v) is 21.0. The molecule has 0 aromatic carbocycles. The quantitative estimate of drug-likeness (QED) is 0.139. The predicted octanol–water partition coefficient (Wildman–Crippen LogP) is 6.90. The maximum atomic E-state index is 5.81. The van der Waals surface area contributed by atoms with E-state index >= 15 is 0 Å². The van der Waals surface area contributed by atoms with Crippen LogP contribution < -0.4 is 0 Å². The first kappa shape index (κ1) is 37.5. The minimum atomic E-state index is -2.76. The second-order valence-electron chi connectivity index (χ2n) is 8.32. The van der Waals surface area contributed by atoms with E-state index in [9.17, 15) is 0 Å². The van der Waals surface area contributed by atoms with Crippen LogP contribution in [0.4, 0.5) is 0 Å². The third-order valence-corrected chi connectivity index (χ3v) is 15.3. The van der Waals surface area contributed by atoms with Crippen molar-refractivity contribution in [2.45, 2.75) is 57.2 Å². The molecule has 178 valence electrons. The molecule has 3 nitrogen and oxygen atoms in total. The molecule has 1 aliphatic rings. The van der Waals surface area contributed by atoms with Gasteiger partial charge in [-0.25, -0.2) is 10.4 Å². The predicted molar refractivity (Wildman–Crippen MR) is 139 cm³/mol. The van der Waals surface area contributed by atoms with Gasteiger partial charge in [-0.2, -0.15) is 5.57 Å². The molecule has 1 rings (SSSR count). The molecule has 0 heterocycles. The van der Waals surface area contributed by atoms with E-state index < -0.39 is 25.0 Å². The van der Waals surface area contributed by atoms with Crippen LogP contribution in [0.1, 0.15) is 13.3 Å². The Morgan fingerprint density at radius 2 is 1.30 bits per heavy atom. The van der Waals surface area contributed by atoms with Crippen molar-refractivity contribution in [3.8, 4) is 0 Å². The summed E-state index contributed by atoms with van der Waals surface area (Å²) in [6.07, 6.45) is 8.79. The molecule has 0 saturated heterocycles. The maximum Gasteiger partial charge on any atom is 4.00 e. The summed E-state index contributed by atoms with van der Waals surface area (Å²) in [7, 11) is -0.979. The normalized spacial score (nSPS) is 15.0. The standard InChI is InChI=1S/C20H37O3Si3.3CH3.Pt/c1-11-15-24(7,8)19-14-13-18(20(19)25(9,10)16-12-2)17(3)26(21-4,22-5)23-6;;;;/h11-12,17H,1-2,13,15-16H2,3-10H3;3*1H3;/q4*-1;+4. The van der Waals surface area contributed by atoms with Gasteiger partial charge in [0.05, 0.1) is 0 Å². The Bertz CT molecular complexity index is 586. The van der Waals surface area contributed by atoms with Gasteiger partial charge in [0, 0.05) is 34.9 Å². The van der Waals surface area contributed by atoms with Crippen LogP contribution in [0.25, 0.3) is 0 Å². The van der Waals surface area contributed by atoms with Crippen LogP contribution in [0.15, 0.2) is 41.3 Å². The number of hydrogen-bond donors (Lipinski definition) is 0. The molecule has 0 aromatic heterocycles. The van der Waals surface area contributed by atoms with Gasteiger partial charge in [-0.3, -0.25) is 6.08 Å². The zero-order chi connectivity index (χ0) is 20.2. The van der Waals surface area contributed by atoms with E-state index in [1.807, 2.05) is 0 Å². The van der Waals surface area contributed by atoms with Gasteiger partial charge in [-0.1, -0.05) is 51.3 Å². The molecule has 1 unspecified atom stereocenters. The Morgan fingerprint density at radius 1 is 0.900 bits per heavy atom. The smallest absolute Gasteiger partial charge is 0.377 e. The zero-order valence-corrected chi connectivity index (χ0v) is 26.6. The molecule has 0 fully saturated rings. The number of allylic oxidation sites excluding steroid dienone is 6. The first-order valence-corrected chi connectivity index (χ1v) is 17.5. The molecule has 0 N–H and O–H groups in total. The average molecular weight is 650 g/mol. The number of hydrogen-bond acceptors (Lipinski definition) is 3. The van der Waals surface area contributed by atoms with E-state index in [-0.39, 0.29) is 48.9 Å². The van der Waals surface area contributed by atoms with Gasteiger partial charge in [-0.15, -0.1) is 19.6 Å². The molecule has 0 aliphatic heterocycles. The van der Waals surface area contributed by atoms with Crippen molar-refractivity contribution < 1.29 is 34.3 Å². The van der Waals surface area contributed by atoms with Gasteiger partial charge in [0.25, 0.3) is 0 Å². The molecule has 0 bridgehead atoms. The Hall–Kier alpha value is 0.179. The molecule has 0 amide bonds. The Balaban J connectivity index is -0.000000845. The van der Waals surface area contributed by atoms with Crippen LogP contribution in [0.3, 0.4) is 0 Å². The van der Waals surface area contributed by atoms with E-state index in [1.165, 1.54) is 10.8 Å². The Morgan fingerprint density at radius 3 is 1.67 bits per heavy atom. The first-order chi connectivity index (χ1) is 12.1. The molecule has 0 aromatic rings. The van der Waals surface area contributed by atoms with Crippen LogP contribution in [0.2, 0.25) is 43.8 Å². The molecule has 1 aliphatic carbocycles. The van der Waals surface area contributed by atoms with Crippen LogP contribution in [0, 0.1) is 28.4 Å². The molecular formula is C23H46O3PtSi3. The van der Waals surface area contributed by atoms with E-state index in [1.54, 1.807) is 26.5 Å². The molecule has 0 radical (unpaired) electrons. The summed E-state index contributed by atoms with van der Waals surface area (Å²) in [6, 6.07) is 2.13. The van der Waals surface area contributed by atoms with Crippen LogP contribution in [-0.4, -0.2) is 46.3 Å². The second kappa shape index (κ2) is 15.1. The van der Waals surface area contributed by atoms with Crippen molar-refractivity contribution in [1.82, 2.24) is 0 Å². The fourth-order valence-electron chi connectivity index (χ4n) is 4.16. The summed E-state index contributed by atoms with van der Waals surface area (Å²) in [5.74, 6) is 0. The summed E-state index contributed by atoms with van der Waals surface area (Å²) in [6.45, 7) is 20.0. The summed E-state index contributed by atoms with van der Waals surface area (Å²) < 4.78 is 17.4. The zero-order valence-electron chi connectivity index (χ0n) is 21.3. The molecule has 7 heteroatoms. The van der Waals surface area contributed by atoms with Crippen LogP contribution >= 0.6 is 0 Å². The first-order valence-electron chi connectivity index (χ1n) is 9.29. The van der Waals surface area contributed by atoms with Crippen LogP contribution in [0.5, 0.6) is 0 Å². The number of rotatable bonds is 11. The van der Waals surface area contributed by atoms with Gasteiger partial charge in [0.1, 0.15) is 0 Å². The van der Waals surface area contributed by atoms with E-state index in [0.29, 0.717) is 0 Å². The summed E-state index contributed by atoms with van der Waals surface area (Å²) >= 11 is 0. The van der Waals surface area contributed by atoms with Gasteiger partial charge in [0.15, 0.2) is 0 Å². The third-order valence-electron chi connectivity index (χ3n) is 5.60. The Kier molecular flexibility index (Phi) is 18.9. The minimum absolute atomic E-state index is 0. The van der Waals surface area contributed by atoms with Crippen molar-refractivity contribution >= 4 is 25.0 Å².